The Balaban J connectivity index is 2.15. The molecule has 0 atom stereocenters. The molecular formula is C10H14ClN3O3S. The van der Waals surface area contributed by atoms with Gasteiger partial charge in [0.2, 0.25) is 15.3 Å². The van der Waals surface area contributed by atoms with Crippen molar-refractivity contribution >= 4 is 21.6 Å². The number of ether oxygens (including phenoxy) is 1. The van der Waals surface area contributed by atoms with Gasteiger partial charge in [0.1, 0.15) is 4.90 Å². The molecule has 0 spiro atoms. The quantitative estimate of drug-likeness (QED) is 0.775. The van der Waals surface area contributed by atoms with Gasteiger partial charge in [0.15, 0.2) is 0 Å². The van der Waals surface area contributed by atoms with E-state index in [1.165, 1.54) is 16.7 Å². The summed E-state index contributed by atoms with van der Waals surface area (Å²) in [5.74, 6) is 0. The Kier molecular flexibility index (Phi) is 4.16. The first kappa shape index (κ1) is 13.7. The van der Waals surface area contributed by atoms with Crippen LogP contribution in [-0.2, 0) is 14.8 Å². The van der Waals surface area contributed by atoms with Crippen molar-refractivity contribution in [3.8, 4) is 0 Å². The first-order valence-corrected chi connectivity index (χ1v) is 7.36. The molecule has 1 saturated heterocycles. The average Bonchev–Trinajstić information content (AvgIpc) is 2.39. The van der Waals surface area contributed by atoms with Crippen LogP contribution in [0.3, 0.4) is 0 Å². The van der Waals surface area contributed by atoms with E-state index in [4.69, 9.17) is 16.3 Å². The zero-order valence-electron chi connectivity index (χ0n) is 9.91. The molecule has 0 N–H and O–H groups in total. The Bertz CT molecular complexity index is 498. The van der Waals surface area contributed by atoms with Crippen LogP contribution in [0.2, 0.25) is 5.28 Å². The van der Waals surface area contributed by atoms with E-state index in [1.807, 2.05) is 0 Å². The summed E-state index contributed by atoms with van der Waals surface area (Å²) in [6, 6.07) is 0. The maximum Gasteiger partial charge on any atom is 0.246 e. The molecular weight excluding hydrogens is 278 g/mol. The van der Waals surface area contributed by atoms with Gasteiger partial charge in [-0.15, -0.1) is 0 Å². The molecule has 2 rings (SSSR count). The van der Waals surface area contributed by atoms with Crippen LogP contribution >= 0.6 is 11.6 Å². The summed E-state index contributed by atoms with van der Waals surface area (Å²) in [6.45, 7) is 0.896. The smallest absolute Gasteiger partial charge is 0.246 e. The van der Waals surface area contributed by atoms with Gasteiger partial charge in [0, 0.05) is 20.2 Å². The van der Waals surface area contributed by atoms with Crippen LogP contribution in [0.4, 0.5) is 0 Å². The van der Waals surface area contributed by atoms with E-state index in [9.17, 15) is 8.42 Å². The lowest BCUT2D eigenvalue weighted by molar-refractivity contribution is 0.0604. The first-order valence-electron chi connectivity index (χ1n) is 5.54. The second-order valence-corrected chi connectivity index (χ2v) is 6.30. The number of hydrogen-bond donors (Lipinski definition) is 0. The first-order chi connectivity index (χ1) is 8.54. The summed E-state index contributed by atoms with van der Waals surface area (Å²) in [5, 5.41) is 0.0343. The predicted molar refractivity (Wildman–Crippen MR) is 65.8 cm³/mol. The van der Waals surface area contributed by atoms with Gasteiger partial charge < -0.3 is 4.74 Å². The van der Waals surface area contributed by atoms with E-state index in [2.05, 4.69) is 9.97 Å². The highest BCUT2D eigenvalue weighted by Gasteiger charge is 2.29. The molecule has 1 fully saturated rings. The van der Waals surface area contributed by atoms with Gasteiger partial charge in [-0.25, -0.2) is 18.4 Å². The van der Waals surface area contributed by atoms with Gasteiger partial charge in [-0.3, -0.25) is 0 Å². The molecule has 1 aromatic rings. The number of aromatic nitrogens is 2. The topological polar surface area (TPSA) is 72.4 Å². The molecule has 1 aromatic heterocycles. The highest BCUT2D eigenvalue weighted by atomic mass is 35.5. The predicted octanol–water partition coefficient (Wildman–Crippen LogP) is 0.930. The normalized spacial score (nSPS) is 19.0. The molecule has 6 nitrogen and oxygen atoms in total. The second-order valence-electron chi connectivity index (χ2n) is 4.03. The minimum atomic E-state index is -3.52. The maximum absolute atomic E-state index is 12.3. The molecule has 0 aromatic carbocycles. The number of rotatable bonds is 3. The Morgan fingerprint density at radius 1 is 1.33 bits per heavy atom. The molecule has 0 bridgehead atoms. The average molecular weight is 292 g/mol. The van der Waals surface area contributed by atoms with E-state index in [0.29, 0.717) is 25.9 Å². The molecule has 0 aliphatic carbocycles. The minimum Gasteiger partial charge on any atom is -0.381 e. The molecule has 1 aliphatic rings. The van der Waals surface area contributed by atoms with Gasteiger partial charge in [-0.05, 0) is 24.4 Å². The monoisotopic (exact) mass is 291 g/mol. The van der Waals surface area contributed by atoms with Crippen LogP contribution < -0.4 is 0 Å². The summed E-state index contributed by atoms with van der Waals surface area (Å²) < 4.78 is 31.1. The lowest BCUT2D eigenvalue weighted by atomic mass is 10.1. The SMILES string of the molecule is COC1CCN(S(=O)(=O)c2cnc(Cl)nc2)CC1. The number of sulfonamides is 1. The minimum absolute atomic E-state index is 0.0343. The zero-order valence-corrected chi connectivity index (χ0v) is 11.5. The molecule has 0 saturated carbocycles. The van der Waals surface area contributed by atoms with Gasteiger partial charge in [0.05, 0.1) is 18.5 Å². The van der Waals surface area contributed by atoms with E-state index in [0.717, 1.165) is 0 Å². The fourth-order valence-corrected chi connectivity index (χ4v) is 3.35. The highest BCUT2D eigenvalue weighted by molar-refractivity contribution is 7.89. The Morgan fingerprint density at radius 3 is 2.39 bits per heavy atom. The molecule has 0 radical (unpaired) electrons. The van der Waals surface area contributed by atoms with Crippen LogP contribution in [0.25, 0.3) is 0 Å². The standard InChI is InChI=1S/C10H14ClN3O3S/c1-17-8-2-4-14(5-3-8)18(15,16)9-6-12-10(11)13-7-9/h6-8H,2-5H2,1H3. The Hall–Kier alpha value is -0.760. The third-order valence-electron chi connectivity index (χ3n) is 2.97. The third-order valence-corrected chi connectivity index (χ3v) is 5.02. The second kappa shape index (κ2) is 5.48. The van der Waals surface area contributed by atoms with Gasteiger partial charge in [-0.1, -0.05) is 0 Å². The summed E-state index contributed by atoms with van der Waals surface area (Å²) in [7, 11) is -1.88. The van der Waals surface area contributed by atoms with Gasteiger partial charge in [-0.2, -0.15) is 4.31 Å². The lowest BCUT2D eigenvalue weighted by Gasteiger charge is -2.30. The Morgan fingerprint density at radius 2 is 1.89 bits per heavy atom. The van der Waals surface area contributed by atoms with Gasteiger partial charge in [0.25, 0.3) is 0 Å². The number of hydrogen-bond acceptors (Lipinski definition) is 5. The summed E-state index contributed by atoms with van der Waals surface area (Å²) >= 11 is 5.54. The van der Waals surface area contributed by atoms with Crippen molar-refractivity contribution in [2.75, 3.05) is 20.2 Å². The van der Waals surface area contributed by atoms with E-state index in [1.54, 1.807) is 7.11 Å². The van der Waals surface area contributed by atoms with Crippen molar-refractivity contribution in [2.24, 2.45) is 0 Å². The van der Waals surface area contributed by atoms with E-state index < -0.39 is 10.0 Å². The van der Waals surface area contributed by atoms with Crippen molar-refractivity contribution in [2.45, 2.75) is 23.8 Å². The number of nitrogens with zero attached hydrogens (tertiary/aromatic N) is 3. The van der Waals surface area contributed by atoms with Crippen molar-refractivity contribution in [3.05, 3.63) is 17.7 Å². The molecule has 0 amide bonds. The van der Waals surface area contributed by atoms with Crippen molar-refractivity contribution < 1.29 is 13.2 Å². The largest absolute Gasteiger partial charge is 0.381 e. The number of piperidine rings is 1. The molecule has 2 heterocycles. The fraction of sp³-hybridized carbons (Fsp3) is 0.600. The van der Waals surface area contributed by atoms with Crippen LogP contribution in [-0.4, -0.2) is 49.0 Å². The lowest BCUT2D eigenvalue weighted by Crippen LogP contribution is -2.40. The number of methoxy groups -OCH3 is 1. The summed E-state index contributed by atoms with van der Waals surface area (Å²) in [5.41, 5.74) is 0. The molecule has 100 valence electrons. The maximum atomic E-state index is 12.3. The van der Waals surface area contributed by atoms with Crippen LogP contribution in [0.1, 0.15) is 12.8 Å². The van der Waals surface area contributed by atoms with Crippen LogP contribution in [0.5, 0.6) is 0 Å². The third kappa shape index (κ3) is 2.80. The van der Waals surface area contributed by atoms with Crippen molar-refractivity contribution in [1.29, 1.82) is 0 Å². The molecule has 0 unspecified atom stereocenters. The van der Waals surface area contributed by atoms with Gasteiger partial charge >= 0.3 is 0 Å². The number of halogens is 1. The summed E-state index contributed by atoms with van der Waals surface area (Å²) in [4.78, 5) is 7.46. The van der Waals surface area contributed by atoms with Crippen molar-refractivity contribution in [3.63, 3.8) is 0 Å². The van der Waals surface area contributed by atoms with Crippen molar-refractivity contribution in [1.82, 2.24) is 14.3 Å². The molecule has 18 heavy (non-hydrogen) atoms. The Labute approximate surface area is 111 Å². The summed E-state index contributed by atoms with van der Waals surface area (Å²) in [6.07, 6.45) is 3.99. The fourth-order valence-electron chi connectivity index (χ4n) is 1.89. The van der Waals surface area contributed by atoms with Crippen LogP contribution in [0, 0.1) is 0 Å². The van der Waals surface area contributed by atoms with E-state index in [-0.39, 0.29) is 16.3 Å². The highest BCUT2D eigenvalue weighted by Crippen LogP contribution is 2.21. The van der Waals surface area contributed by atoms with E-state index >= 15 is 0 Å². The zero-order chi connectivity index (χ0) is 13.2. The molecule has 8 heteroatoms. The van der Waals surface area contributed by atoms with Crippen LogP contribution in [0.15, 0.2) is 17.3 Å². The molecule has 1 aliphatic heterocycles.